The molecule has 1 aromatic rings. The third-order valence-electron chi connectivity index (χ3n) is 3.66. The van der Waals surface area contributed by atoms with Gasteiger partial charge in [-0.2, -0.15) is 0 Å². The zero-order chi connectivity index (χ0) is 16.1. The number of sulfonamides is 1. The summed E-state index contributed by atoms with van der Waals surface area (Å²) in [4.78, 5) is 0.0910. The number of hydrogen-bond acceptors (Lipinski definition) is 5. The first-order chi connectivity index (χ1) is 9.80. The van der Waals surface area contributed by atoms with Crippen molar-refractivity contribution in [3.63, 3.8) is 0 Å². The van der Waals surface area contributed by atoms with E-state index in [1.165, 1.54) is 26.4 Å². The Balaban J connectivity index is 3.02. The lowest BCUT2D eigenvalue weighted by molar-refractivity contribution is 0.388. The van der Waals surface area contributed by atoms with Crippen LogP contribution in [0.15, 0.2) is 23.1 Å². The van der Waals surface area contributed by atoms with E-state index in [4.69, 9.17) is 15.2 Å². The number of nitrogens with one attached hydrogen (secondary N) is 1. The Bertz CT molecular complexity index is 546. The van der Waals surface area contributed by atoms with Gasteiger partial charge in [-0.1, -0.05) is 13.8 Å². The highest BCUT2D eigenvalue weighted by molar-refractivity contribution is 7.89. The van der Waals surface area contributed by atoms with Gasteiger partial charge in [0, 0.05) is 30.3 Å². The quantitative estimate of drug-likeness (QED) is 0.758. The zero-order valence-electron chi connectivity index (χ0n) is 13.0. The molecule has 0 fully saturated rings. The van der Waals surface area contributed by atoms with E-state index in [1.807, 2.05) is 13.8 Å². The second-order valence-corrected chi connectivity index (χ2v) is 6.71. The summed E-state index contributed by atoms with van der Waals surface area (Å²) in [6.07, 6.45) is 1.38. The summed E-state index contributed by atoms with van der Waals surface area (Å²) >= 11 is 0. The minimum absolute atomic E-state index is 0.0910. The average molecular weight is 316 g/mol. The Morgan fingerprint density at radius 2 is 1.57 bits per heavy atom. The first kappa shape index (κ1) is 17.7. The molecule has 0 aliphatic rings. The first-order valence-electron chi connectivity index (χ1n) is 6.82. The number of benzene rings is 1. The highest BCUT2D eigenvalue weighted by Crippen LogP contribution is 2.25. The molecule has 0 aliphatic carbocycles. The minimum atomic E-state index is -3.67. The average Bonchev–Trinajstić information content (AvgIpc) is 2.52. The Hall–Kier alpha value is -1.31. The van der Waals surface area contributed by atoms with Gasteiger partial charge in [0.2, 0.25) is 10.0 Å². The smallest absolute Gasteiger partial charge is 0.240 e. The summed E-state index contributed by atoms with van der Waals surface area (Å²) in [5.41, 5.74) is 5.57. The van der Waals surface area contributed by atoms with Crippen LogP contribution in [0, 0.1) is 0 Å². The molecule has 0 atom stereocenters. The van der Waals surface area contributed by atoms with Crippen molar-refractivity contribution in [1.29, 1.82) is 0 Å². The van der Waals surface area contributed by atoms with Gasteiger partial charge >= 0.3 is 0 Å². The molecule has 0 unspecified atom stereocenters. The van der Waals surface area contributed by atoms with Crippen molar-refractivity contribution in [1.82, 2.24) is 4.72 Å². The minimum Gasteiger partial charge on any atom is -0.497 e. The fourth-order valence-corrected chi connectivity index (χ4v) is 2.95. The fraction of sp³-hybridized carbons (Fsp3) is 0.571. The Morgan fingerprint density at radius 3 is 1.95 bits per heavy atom. The van der Waals surface area contributed by atoms with Gasteiger partial charge in [-0.3, -0.25) is 0 Å². The lowest BCUT2D eigenvalue weighted by Crippen LogP contribution is -2.49. The van der Waals surface area contributed by atoms with Gasteiger partial charge in [-0.25, -0.2) is 13.1 Å². The normalized spacial score (nSPS) is 12.2. The molecule has 0 bridgehead atoms. The van der Waals surface area contributed by atoms with E-state index in [2.05, 4.69) is 4.72 Å². The molecular weight excluding hydrogens is 292 g/mol. The molecule has 0 radical (unpaired) electrons. The van der Waals surface area contributed by atoms with Gasteiger partial charge in [0.1, 0.15) is 11.5 Å². The van der Waals surface area contributed by atoms with Crippen LogP contribution in [0.2, 0.25) is 0 Å². The van der Waals surface area contributed by atoms with Crippen molar-refractivity contribution in [3.8, 4) is 11.5 Å². The number of hydrogen-bond donors (Lipinski definition) is 2. The molecule has 1 aromatic carbocycles. The van der Waals surface area contributed by atoms with E-state index in [0.29, 0.717) is 24.3 Å². The molecule has 0 aliphatic heterocycles. The first-order valence-corrected chi connectivity index (χ1v) is 8.30. The zero-order valence-corrected chi connectivity index (χ0v) is 13.8. The molecule has 1 rings (SSSR count). The summed E-state index contributed by atoms with van der Waals surface area (Å²) in [5.74, 6) is 0.833. The van der Waals surface area contributed by atoms with Gasteiger partial charge in [0.05, 0.1) is 19.1 Å². The van der Waals surface area contributed by atoms with Crippen molar-refractivity contribution in [3.05, 3.63) is 18.2 Å². The second-order valence-electron chi connectivity index (χ2n) is 4.94. The third kappa shape index (κ3) is 4.59. The summed E-state index contributed by atoms with van der Waals surface area (Å²) in [5, 5.41) is 0. The van der Waals surface area contributed by atoms with E-state index < -0.39 is 15.6 Å². The number of methoxy groups -OCH3 is 2. The predicted octanol–water partition coefficient (Wildman–Crippen LogP) is 1.50. The number of rotatable bonds is 8. The van der Waals surface area contributed by atoms with E-state index >= 15 is 0 Å². The van der Waals surface area contributed by atoms with Crippen LogP contribution in [0.25, 0.3) is 0 Å². The van der Waals surface area contributed by atoms with Gasteiger partial charge in [0.15, 0.2) is 0 Å². The van der Waals surface area contributed by atoms with Crippen molar-refractivity contribution in [2.75, 3.05) is 20.8 Å². The maximum atomic E-state index is 12.4. The van der Waals surface area contributed by atoms with Crippen LogP contribution in [0.1, 0.15) is 26.7 Å². The van der Waals surface area contributed by atoms with Crippen LogP contribution >= 0.6 is 0 Å². The van der Waals surface area contributed by atoms with E-state index in [-0.39, 0.29) is 11.4 Å². The van der Waals surface area contributed by atoms with Gasteiger partial charge in [-0.15, -0.1) is 0 Å². The van der Waals surface area contributed by atoms with E-state index in [0.717, 1.165) is 0 Å². The van der Waals surface area contributed by atoms with Gasteiger partial charge in [0.25, 0.3) is 0 Å². The highest BCUT2D eigenvalue weighted by atomic mass is 32.2. The van der Waals surface area contributed by atoms with Crippen molar-refractivity contribution >= 4 is 10.0 Å². The van der Waals surface area contributed by atoms with E-state index in [9.17, 15) is 8.42 Å². The third-order valence-corrected chi connectivity index (χ3v) is 5.04. The van der Waals surface area contributed by atoms with Crippen molar-refractivity contribution in [2.45, 2.75) is 37.1 Å². The molecule has 6 nitrogen and oxygen atoms in total. The molecule has 21 heavy (non-hydrogen) atoms. The van der Waals surface area contributed by atoms with Crippen molar-refractivity contribution in [2.24, 2.45) is 5.73 Å². The summed E-state index contributed by atoms with van der Waals surface area (Å²) in [6, 6.07) is 4.51. The molecular formula is C14H24N2O4S. The lowest BCUT2D eigenvalue weighted by Gasteiger charge is -2.26. The molecule has 0 saturated carbocycles. The summed E-state index contributed by atoms with van der Waals surface area (Å²) in [6.45, 7) is 4.06. The molecule has 3 N–H and O–H groups in total. The largest absolute Gasteiger partial charge is 0.497 e. The number of nitrogens with two attached hydrogens (primary N) is 1. The predicted molar refractivity (Wildman–Crippen MR) is 82.2 cm³/mol. The standard InChI is InChI=1S/C14H24N2O4S/c1-5-14(15,6-2)10-16-21(17,18)13-8-11(19-3)7-12(9-13)20-4/h7-9,16H,5-6,10,15H2,1-4H3. The van der Waals surface area contributed by atoms with Crippen LogP contribution in [0.3, 0.4) is 0 Å². The molecule has 0 saturated heterocycles. The Labute approximate surface area is 126 Å². The lowest BCUT2D eigenvalue weighted by atomic mass is 9.95. The highest BCUT2D eigenvalue weighted by Gasteiger charge is 2.24. The number of ether oxygens (including phenoxy) is 2. The summed E-state index contributed by atoms with van der Waals surface area (Å²) in [7, 11) is -0.729. The topological polar surface area (TPSA) is 90.7 Å². The molecule has 0 heterocycles. The van der Waals surface area contributed by atoms with Gasteiger partial charge in [-0.05, 0) is 12.8 Å². The van der Waals surface area contributed by atoms with E-state index in [1.54, 1.807) is 6.07 Å². The van der Waals surface area contributed by atoms with Crippen LogP contribution in [-0.2, 0) is 10.0 Å². The maximum absolute atomic E-state index is 12.4. The van der Waals surface area contributed by atoms with Crippen LogP contribution in [0.5, 0.6) is 11.5 Å². The van der Waals surface area contributed by atoms with Crippen LogP contribution < -0.4 is 19.9 Å². The fourth-order valence-electron chi connectivity index (χ4n) is 1.76. The maximum Gasteiger partial charge on any atom is 0.240 e. The van der Waals surface area contributed by atoms with Crippen LogP contribution in [-0.4, -0.2) is 34.7 Å². The van der Waals surface area contributed by atoms with Gasteiger partial charge < -0.3 is 15.2 Å². The molecule has 120 valence electrons. The van der Waals surface area contributed by atoms with Crippen LogP contribution in [0.4, 0.5) is 0 Å². The SMILES string of the molecule is CCC(N)(CC)CNS(=O)(=O)c1cc(OC)cc(OC)c1. The molecule has 0 spiro atoms. The molecule has 7 heteroatoms. The Morgan fingerprint density at radius 1 is 1.10 bits per heavy atom. The second kappa shape index (κ2) is 7.11. The summed E-state index contributed by atoms with van der Waals surface area (Å²) < 4.78 is 37.5. The monoisotopic (exact) mass is 316 g/mol. The Kier molecular flexibility index (Phi) is 6.00. The molecule has 0 amide bonds. The van der Waals surface area contributed by atoms with Crippen molar-refractivity contribution < 1.29 is 17.9 Å². The molecule has 0 aromatic heterocycles.